The maximum absolute atomic E-state index is 12.2. The Morgan fingerprint density at radius 2 is 2.08 bits per heavy atom. The smallest absolute Gasteiger partial charge is 0.326 e. The van der Waals surface area contributed by atoms with Crippen molar-refractivity contribution in [2.24, 2.45) is 5.73 Å². The normalized spacial score (nSPS) is 8.00. The predicted octanol–water partition coefficient (Wildman–Crippen LogP) is 2.39. The maximum Gasteiger partial charge on any atom is 0.560 e. The first kappa shape index (κ1) is 12.8. The molecular formula is C7H7Br2FMgN. The summed E-state index contributed by atoms with van der Waals surface area (Å²) in [6.45, 7) is 0.417. The summed E-state index contributed by atoms with van der Waals surface area (Å²) >= 11 is 6.44. The van der Waals surface area contributed by atoms with E-state index in [1.54, 1.807) is 6.07 Å². The molecule has 0 heterocycles. The minimum absolute atomic E-state index is 0.0417. The molecule has 0 unspecified atom stereocenters. The fourth-order valence-corrected chi connectivity index (χ4v) is 0.565. The van der Waals surface area contributed by atoms with Gasteiger partial charge in [0.1, 0.15) is 5.82 Å². The van der Waals surface area contributed by atoms with E-state index in [0.717, 1.165) is 5.56 Å². The van der Waals surface area contributed by atoms with Crippen LogP contribution in [0.2, 0.25) is 0 Å². The minimum atomic E-state index is -0.271. The summed E-state index contributed by atoms with van der Waals surface area (Å²) in [7, 11) is 0. The molecule has 5 heteroatoms. The second-order valence-corrected chi connectivity index (χ2v) is 9.92. The van der Waals surface area contributed by atoms with Gasteiger partial charge in [-0.05, 0) is 23.8 Å². The first-order valence-corrected chi connectivity index (χ1v) is 11.0. The van der Waals surface area contributed by atoms with Gasteiger partial charge in [0.2, 0.25) is 0 Å². The number of hydrogen-bond acceptors (Lipinski definition) is 1. The van der Waals surface area contributed by atoms with Crippen LogP contribution in [0.15, 0.2) is 18.2 Å². The molecule has 2 N–H and O–H groups in total. The first-order chi connectivity index (χ1) is 5.74. The van der Waals surface area contributed by atoms with E-state index in [-0.39, 0.29) is 21.8 Å². The molecule has 0 saturated carbocycles. The van der Waals surface area contributed by atoms with E-state index in [0.29, 0.717) is 6.54 Å². The highest BCUT2D eigenvalue weighted by Crippen LogP contribution is 1.99. The molecule has 0 aromatic heterocycles. The third-order valence-electron chi connectivity index (χ3n) is 1.06. The molecule has 0 aliphatic heterocycles. The Kier molecular flexibility index (Phi) is 9.02. The van der Waals surface area contributed by atoms with Gasteiger partial charge in [-0.1, -0.05) is 6.07 Å². The Hall–Kier alpha value is 0.836. The van der Waals surface area contributed by atoms with Crippen molar-refractivity contribution in [1.29, 1.82) is 0 Å². The van der Waals surface area contributed by atoms with Gasteiger partial charge < -0.3 is 5.73 Å². The van der Waals surface area contributed by atoms with Crippen LogP contribution >= 0.6 is 25.8 Å². The highest BCUT2D eigenvalue weighted by molar-refractivity contribution is 9.47. The van der Waals surface area contributed by atoms with Crippen LogP contribution in [0.1, 0.15) is 5.56 Å². The van der Waals surface area contributed by atoms with E-state index in [2.05, 4.69) is 31.8 Å². The van der Waals surface area contributed by atoms with Gasteiger partial charge >= 0.3 is 16.0 Å². The molecule has 63 valence electrons. The molecule has 0 amide bonds. The lowest BCUT2D eigenvalue weighted by molar-refractivity contribution is 0.626. The number of rotatable bonds is 1. The highest BCUT2D eigenvalue weighted by Gasteiger charge is 1.88. The van der Waals surface area contributed by atoms with Gasteiger partial charge in [-0.25, -0.2) is 4.39 Å². The lowest BCUT2D eigenvalue weighted by Crippen LogP contribution is -1.95. The van der Waals surface area contributed by atoms with Gasteiger partial charge in [0.05, 0.1) is 0 Å². The molecule has 0 fully saturated rings. The van der Waals surface area contributed by atoms with Crippen molar-refractivity contribution < 1.29 is 4.39 Å². The monoisotopic (exact) mass is 306 g/mol. The summed E-state index contributed by atoms with van der Waals surface area (Å²) in [5, 5.41) is 0. The van der Waals surface area contributed by atoms with E-state index in [1.807, 2.05) is 0 Å². The first-order valence-electron chi connectivity index (χ1n) is 3.22. The molecule has 1 nitrogen and oxygen atoms in total. The van der Waals surface area contributed by atoms with Crippen molar-refractivity contribution in [3.05, 3.63) is 35.6 Å². The average molecular weight is 308 g/mol. The zero-order valence-electron chi connectivity index (χ0n) is 6.36. The van der Waals surface area contributed by atoms with Gasteiger partial charge in [0, 0.05) is 6.54 Å². The van der Waals surface area contributed by atoms with Crippen molar-refractivity contribution >= 4 is 41.8 Å². The van der Waals surface area contributed by atoms with Crippen LogP contribution in [0.25, 0.3) is 0 Å². The molecule has 0 saturated heterocycles. The Balaban J connectivity index is 0.000000354. The van der Waals surface area contributed by atoms with Crippen LogP contribution in [0.4, 0.5) is 4.39 Å². The standard InChI is InChI=1S/C7H7FN.2BrH.Mg/c8-7-3-1-6(5-9)2-4-7;;;/h1,3-4H,5,9H2;2*1H;/q;;;+2/p-2. The van der Waals surface area contributed by atoms with E-state index in [4.69, 9.17) is 5.73 Å². The van der Waals surface area contributed by atoms with Crippen molar-refractivity contribution in [3.8, 4) is 0 Å². The Bertz CT molecular complexity index is 205. The summed E-state index contributed by atoms with van der Waals surface area (Å²) in [5.41, 5.74) is 6.08. The zero-order chi connectivity index (χ0) is 9.40. The predicted molar refractivity (Wildman–Crippen MR) is 56.7 cm³/mol. The molecule has 12 heavy (non-hydrogen) atoms. The number of hydrogen-bond donors (Lipinski definition) is 1. The summed E-state index contributed by atoms with van der Waals surface area (Å²) in [6.07, 6.45) is 0. The highest BCUT2D eigenvalue weighted by atomic mass is 79.9. The lowest BCUT2D eigenvalue weighted by atomic mass is 10.2. The molecule has 1 aromatic carbocycles. The molecule has 0 aliphatic rings. The average Bonchev–Trinajstić information content (AvgIpc) is 2.07. The van der Waals surface area contributed by atoms with Crippen LogP contribution in [0, 0.1) is 11.9 Å². The third-order valence-corrected chi connectivity index (χ3v) is 1.06. The summed E-state index contributed by atoms with van der Waals surface area (Å²) in [6, 6.07) is 6.96. The van der Waals surface area contributed by atoms with Gasteiger partial charge in [0.15, 0.2) is 0 Å². The summed E-state index contributed by atoms with van der Waals surface area (Å²) in [5.74, 6) is -0.271. The van der Waals surface area contributed by atoms with Gasteiger partial charge in [-0.2, -0.15) is 0 Å². The fraction of sp³-hybridized carbons (Fsp3) is 0.143. The van der Waals surface area contributed by atoms with Crippen LogP contribution in [-0.2, 0) is 6.54 Å². The maximum atomic E-state index is 12.2. The van der Waals surface area contributed by atoms with Crippen molar-refractivity contribution in [1.82, 2.24) is 0 Å². The fourth-order valence-electron chi connectivity index (χ4n) is 0.565. The van der Waals surface area contributed by atoms with E-state index in [1.165, 1.54) is 12.1 Å². The second-order valence-electron chi connectivity index (χ2n) is 1.84. The molecular weight excluding hydrogens is 301 g/mol. The van der Waals surface area contributed by atoms with Crippen LogP contribution in [-0.4, -0.2) is 16.0 Å². The van der Waals surface area contributed by atoms with Crippen molar-refractivity contribution in [3.63, 3.8) is 0 Å². The largest absolute Gasteiger partial charge is 0.560 e. The molecule has 1 aromatic rings. The topological polar surface area (TPSA) is 26.0 Å². The van der Waals surface area contributed by atoms with Crippen LogP contribution in [0.3, 0.4) is 0 Å². The molecule has 0 bridgehead atoms. The molecule has 0 atom stereocenters. The third kappa shape index (κ3) is 6.36. The minimum Gasteiger partial charge on any atom is -0.326 e. The summed E-state index contributed by atoms with van der Waals surface area (Å²) < 4.78 is 12.2. The van der Waals surface area contributed by atoms with Crippen molar-refractivity contribution in [2.45, 2.75) is 6.54 Å². The van der Waals surface area contributed by atoms with Gasteiger partial charge in [0.25, 0.3) is 0 Å². The lowest BCUT2D eigenvalue weighted by Gasteiger charge is -1.91. The van der Waals surface area contributed by atoms with Gasteiger partial charge in [-0.15, -0.1) is 0 Å². The molecule has 0 aliphatic carbocycles. The van der Waals surface area contributed by atoms with Crippen LogP contribution < -0.4 is 5.73 Å². The van der Waals surface area contributed by atoms with E-state index in [9.17, 15) is 4.39 Å². The summed E-state index contributed by atoms with van der Waals surface area (Å²) in [4.78, 5) is 0. The molecule has 1 radical (unpaired) electrons. The Morgan fingerprint density at radius 1 is 1.50 bits per heavy atom. The molecule has 0 spiro atoms. The number of halogens is 3. The van der Waals surface area contributed by atoms with E-state index < -0.39 is 0 Å². The van der Waals surface area contributed by atoms with Crippen molar-refractivity contribution in [2.75, 3.05) is 0 Å². The second kappa shape index (κ2) is 8.44. The number of nitrogens with two attached hydrogens (primary N) is 1. The number of benzene rings is 1. The SMILES string of the molecule is NCc1[c]cc(F)cc1.[Br][Mg][Br]. The quantitative estimate of drug-likeness (QED) is 0.792. The van der Waals surface area contributed by atoms with Gasteiger partial charge in [-0.3, -0.25) is 25.8 Å². The van der Waals surface area contributed by atoms with E-state index >= 15 is 0 Å². The zero-order valence-corrected chi connectivity index (χ0v) is 10.9. The van der Waals surface area contributed by atoms with Crippen LogP contribution in [0.5, 0.6) is 0 Å². The Morgan fingerprint density at radius 3 is 2.42 bits per heavy atom. The Labute approximate surface area is 93.4 Å². The molecule has 1 rings (SSSR count).